The number of halogens is 1. The number of nitrogens with zero attached hydrogens (tertiary/aromatic N) is 1. The smallest absolute Gasteiger partial charge is 0.120 e. The Balaban J connectivity index is 1.91. The fourth-order valence-corrected chi connectivity index (χ4v) is 2.89. The van der Waals surface area contributed by atoms with Crippen molar-refractivity contribution < 1.29 is 4.74 Å². The third-order valence-corrected chi connectivity index (χ3v) is 4.42. The van der Waals surface area contributed by atoms with Crippen molar-refractivity contribution in [1.82, 2.24) is 4.98 Å². The molecule has 2 N–H and O–H groups in total. The number of aromatic nitrogens is 1. The highest BCUT2D eigenvalue weighted by Crippen LogP contribution is 2.23. The molecule has 0 aliphatic heterocycles. The normalized spacial score (nSPS) is 10.6. The van der Waals surface area contributed by atoms with E-state index in [1.54, 1.807) is 11.3 Å². The van der Waals surface area contributed by atoms with Crippen molar-refractivity contribution in [2.45, 2.75) is 19.9 Å². The highest BCUT2D eigenvalue weighted by Gasteiger charge is 2.03. The Morgan fingerprint density at radius 2 is 2.28 bits per heavy atom. The van der Waals surface area contributed by atoms with E-state index in [9.17, 15) is 0 Å². The Bertz CT molecular complexity index is 527. The predicted octanol–water partition coefficient (Wildman–Crippen LogP) is 3.29. The standard InChI is InChI=1S/C13H15BrN2OS/c1-9-13(18-8-16-9)4-5-17-11-3-2-10(7-15)12(14)6-11/h2-3,6,8H,4-5,7,15H2,1H3. The summed E-state index contributed by atoms with van der Waals surface area (Å²) in [6.45, 7) is 3.22. The zero-order chi connectivity index (χ0) is 13.0. The molecule has 0 unspecified atom stereocenters. The minimum absolute atomic E-state index is 0.529. The molecule has 0 bridgehead atoms. The Labute approximate surface area is 119 Å². The number of thiazole rings is 1. The molecule has 0 spiro atoms. The number of benzene rings is 1. The Morgan fingerprint density at radius 3 is 2.89 bits per heavy atom. The molecule has 1 heterocycles. The van der Waals surface area contributed by atoms with Gasteiger partial charge < -0.3 is 10.5 Å². The molecule has 18 heavy (non-hydrogen) atoms. The van der Waals surface area contributed by atoms with E-state index < -0.39 is 0 Å². The van der Waals surface area contributed by atoms with Gasteiger partial charge in [-0.3, -0.25) is 0 Å². The SMILES string of the molecule is Cc1ncsc1CCOc1ccc(CN)c(Br)c1. The summed E-state index contributed by atoms with van der Waals surface area (Å²) in [6, 6.07) is 5.89. The van der Waals surface area contributed by atoms with Crippen LogP contribution in [0, 0.1) is 6.92 Å². The molecular formula is C13H15BrN2OS. The van der Waals surface area contributed by atoms with E-state index in [4.69, 9.17) is 10.5 Å². The summed E-state index contributed by atoms with van der Waals surface area (Å²) in [6.07, 6.45) is 0.896. The van der Waals surface area contributed by atoms with E-state index in [0.717, 1.165) is 27.9 Å². The largest absolute Gasteiger partial charge is 0.493 e. The van der Waals surface area contributed by atoms with E-state index >= 15 is 0 Å². The highest BCUT2D eigenvalue weighted by molar-refractivity contribution is 9.10. The first-order valence-corrected chi connectivity index (χ1v) is 7.38. The molecule has 0 radical (unpaired) electrons. The lowest BCUT2D eigenvalue weighted by molar-refractivity contribution is 0.322. The summed E-state index contributed by atoms with van der Waals surface area (Å²) < 4.78 is 6.72. The molecule has 0 amide bonds. The number of nitrogens with two attached hydrogens (primary N) is 1. The second-order valence-electron chi connectivity index (χ2n) is 3.92. The summed E-state index contributed by atoms with van der Waals surface area (Å²) in [5.74, 6) is 0.862. The Morgan fingerprint density at radius 1 is 1.44 bits per heavy atom. The van der Waals surface area contributed by atoms with Crippen LogP contribution in [0.4, 0.5) is 0 Å². The van der Waals surface area contributed by atoms with Crippen LogP contribution in [0.3, 0.4) is 0 Å². The van der Waals surface area contributed by atoms with E-state index in [2.05, 4.69) is 20.9 Å². The van der Waals surface area contributed by atoms with Crippen molar-refractivity contribution in [3.63, 3.8) is 0 Å². The van der Waals surface area contributed by atoms with Gasteiger partial charge in [0.25, 0.3) is 0 Å². The minimum Gasteiger partial charge on any atom is -0.493 e. The average Bonchev–Trinajstić information content (AvgIpc) is 2.75. The van der Waals surface area contributed by atoms with Gasteiger partial charge in [-0.25, -0.2) is 4.98 Å². The van der Waals surface area contributed by atoms with Crippen LogP contribution in [0.2, 0.25) is 0 Å². The molecule has 0 atom stereocenters. The quantitative estimate of drug-likeness (QED) is 0.917. The monoisotopic (exact) mass is 326 g/mol. The van der Waals surface area contributed by atoms with Crippen LogP contribution in [-0.4, -0.2) is 11.6 Å². The topological polar surface area (TPSA) is 48.1 Å². The summed E-state index contributed by atoms with van der Waals surface area (Å²) in [4.78, 5) is 5.51. The lowest BCUT2D eigenvalue weighted by Crippen LogP contribution is -2.02. The second-order valence-corrected chi connectivity index (χ2v) is 5.71. The van der Waals surface area contributed by atoms with Crippen molar-refractivity contribution in [3.05, 3.63) is 44.3 Å². The van der Waals surface area contributed by atoms with Gasteiger partial charge in [-0.05, 0) is 24.6 Å². The number of hydrogen-bond acceptors (Lipinski definition) is 4. The van der Waals surface area contributed by atoms with Crippen LogP contribution >= 0.6 is 27.3 Å². The van der Waals surface area contributed by atoms with Gasteiger partial charge in [0.15, 0.2) is 0 Å². The molecule has 96 valence electrons. The summed E-state index contributed by atoms with van der Waals surface area (Å²) >= 11 is 5.16. The van der Waals surface area contributed by atoms with Gasteiger partial charge in [-0.1, -0.05) is 22.0 Å². The van der Waals surface area contributed by atoms with Gasteiger partial charge in [0.05, 0.1) is 17.8 Å². The number of rotatable bonds is 5. The first-order valence-electron chi connectivity index (χ1n) is 5.71. The summed E-state index contributed by atoms with van der Waals surface area (Å²) in [7, 11) is 0. The maximum absolute atomic E-state index is 5.72. The summed E-state index contributed by atoms with van der Waals surface area (Å²) in [5, 5.41) is 0. The zero-order valence-corrected chi connectivity index (χ0v) is 12.6. The van der Waals surface area contributed by atoms with Crippen LogP contribution in [-0.2, 0) is 13.0 Å². The maximum Gasteiger partial charge on any atom is 0.120 e. The highest BCUT2D eigenvalue weighted by atomic mass is 79.9. The average molecular weight is 327 g/mol. The molecule has 3 nitrogen and oxygen atoms in total. The van der Waals surface area contributed by atoms with Crippen molar-refractivity contribution >= 4 is 27.3 Å². The molecule has 2 aromatic rings. The van der Waals surface area contributed by atoms with Crippen molar-refractivity contribution in [2.75, 3.05) is 6.61 Å². The number of aryl methyl sites for hydroxylation is 1. The van der Waals surface area contributed by atoms with E-state index in [1.807, 2.05) is 30.6 Å². The van der Waals surface area contributed by atoms with Gasteiger partial charge in [0, 0.05) is 22.3 Å². The summed E-state index contributed by atoms with van der Waals surface area (Å²) in [5.41, 5.74) is 9.66. The lowest BCUT2D eigenvalue weighted by atomic mass is 10.2. The first kappa shape index (κ1) is 13.5. The second kappa shape index (κ2) is 6.31. The van der Waals surface area contributed by atoms with E-state index in [0.29, 0.717) is 13.2 Å². The Kier molecular flexibility index (Phi) is 4.74. The van der Waals surface area contributed by atoms with Crippen LogP contribution in [0.25, 0.3) is 0 Å². The van der Waals surface area contributed by atoms with Gasteiger partial charge in [0.2, 0.25) is 0 Å². The van der Waals surface area contributed by atoms with Gasteiger partial charge in [-0.15, -0.1) is 11.3 Å². The lowest BCUT2D eigenvalue weighted by Gasteiger charge is -2.08. The van der Waals surface area contributed by atoms with Crippen LogP contribution < -0.4 is 10.5 Å². The van der Waals surface area contributed by atoms with Gasteiger partial charge in [-0.2, -0.15) is 0 Å². The number of ether oxygens (including phenoxy) is 1. The minimum atomic E-state index is 0.529. The fourth-order valence-electron chi connectivity index (χ4n) is 1.61. The Hall–Kier alpha value is -0.910. The van der Waals surface area contributed by atoms with E-state index in [-0.39, 0.29) is 0 Å². The molecule has 5 heteroatoms. The third-order valence-electron chi connectivity index (χ3n) is 2.69. The fraction of sp³-hybridized carbons (Fsp3) is 0.308. The zero-order valence-electron chi connectivity index (χ0n) is 10.1. The third kappa shape index (κ3) is 3.31. The molecule has 1 aromatic carbocycles. The molecular weight excluding hydrogens is 312 g/mol. The maximum atomic E-state index is 5.72. The van der Waals surface area contributed by atoms with Gasteiger partial charge in [0.1, 0.15) is 5.75 Å². The molecule has 0 aliphatic carbocycles. The number of hydrogen-bond donors (Lipinski definition) is 1. The molecule has 0 saturated heterocycles. The van der Waals surface area contributed by atoms with Crippen LogP contribution in [0.1, 0.15) is 16.1 Å². The molecule has 1 aromatic heterocycles. The van der Waals surface area contributed by atoms with Gasteiger partial charge >= 0.3 is 0 Å². The van der Waals surface area contributed by atoms with Crippen LogP contribution in [0.15, 0.2) is 28.2 Å². The molecule has 0 aliphatic rings. The first-order chi connectivity index (χ1) is 8.70. The molecule has 2 rings (SSSR count). The van der Waals surface area contributed by atoms with Crippen molar-refractivity contribution in [2.24, 2.45) is 5.73 Å². The predicted molar refractivity (Wildman–Crippen MR) is 78.1 cm³/mol. The van der Waals surface area contributed by atoms with Crippen molar-refractivity contribution in [1.29, 1.82) is 0 Å². The molecule has 0 fully saturated rings. The van der Waals surface area contributed by atoms with Crippen LogP contribution in [0.5, 0.6) is 5.75 Å². The van der Waals surface area contributed by atoms with E-state index in [1.165, 1.54) is 4.88 Å². The van der Waals surface area contributed by atoms with Crippen molar-refractivity contribution in [3.8, 4) is 5.75 Å². The molecule has 0 saturated carbocycles.